The minimum atomic E-state index is 0.800. The Kier molecular flexibility index (Phi) is 5.54. The number of nitrogens with one attached hydrogen (secondary N) is 1. The van der Waals surface area contributed by atoms with Crippen LogP contribution in [0.1, 0.15) is 26.0 Å². The first-order valence-corrected chi connectivity index (χ1v) is 7.32. The zero-order valence-corrected chi connectivity index (χ0v) is 12.1. The summed E-state index contributed by atoms with van der Waals surface area (Å²) in [4.78, 5) is 13.8. The maximum Gasteiger partial charge on any atom is 0.147 e. The second-order valence-electron chi connectivity index (χ2n) is 4.97. The van der Waals surface area contributed by atoms with Crippen LogP contribution in [-0.2, 0) is 6.54 Å². The largest absolute Gasteiger partial charge is 0.353 e. The molecule has 1 aromatic heterocycles. The highest BCUT2D eigenvalue weighted by molar-refractivity contribution is 5.36. The van der Waals surface area contributed by atoms with Crippen LogP contribution in [0.5, 0.6) is 0 Å². The van der Waals surface area contributed by atoms with Gasteiger partial charge in [0.05, 0.1) is 18.1 Å². The highest BCUT2D eigenvalue weighted by atomic mass is 15.3. The first-order chi connectivity index (χ1) is 9.33. The molecule has 5 heteroatoms. The van der Waals surface area contributed by atoms with Crippen LogP contribution in [0.4, 0.5) is 5.82 Å². The van der Waals surface area contributed by atoms with E-state index in [1.54, 1.807) is 0 Å². The second-order valence-corrected chi connectivity index (χ2v) is 4.97. The minimum Gasteiger partial charge on any atom is -0.353 e. The summed E-state index contributed by atoms with van der Waals surface area (Å²) in [5.74, 6) is 1.01. The fraction of sp³-hybridized carbons (Fsp3) is 0.714. The van der Waals surface area contributed by atoms with Gasteiger partial charge in [-0.1, -0.05) is 13.8 Å². The van der Waals surface area contributed by atoms with Crippen molar-refractivity contribution in [2.45, 2.75) is 26.8 Å². The van der Waals surface area contributed by atoms with Gasteiger partial charge in [-0.05, 0) is 19.5 Å². The number of aromatic nitrogens is 2. The van der Waals surface area contributed by atoms with Gasteiger partial charge in [0.15, 0.2) is 0 Å². The second kappa shape index (κ2) is 7.40. The quantitative estimate of drug-likeness (QED) is 0.833. The Morgan fingerprint density at radius 3 is 2.47 bits per heavy atom. The van der Waals surface area contributed by atoms with Gasteiger partial charge in [0.25, 0.3) is 0 Å². The van der Waals surface area contributed by atoms with Gasteiger partial charge in [-0.15, -0.1) is 0 Å². The highest BCUT2D eigenvalue weighted by Gasteiger charge is 2.17. The maximum absolute atomic E-state index is 4.53. The molecule has 0 radical (unpaired) electrons. The molecular formula is C14H25N5. The lowest BCUT2D eigenvalue weighted by Gasteiger charge is -2.35. The smallest absolute Gasteiger partial charge is 0.147 e. The van der Waals surface area contributed by atoms with Crippen LogP contribution in [-0.4, -0.2) is 54.1 Å². The molecule has 1 aliphatic rings. The topological polar surface area (TPSA) is 44.3 Å². The summed E-state index contributed by atoms with van der Waals surface area (Å²) < 4.78 is 0. The van der Waals surface area contributed by atoms with Crippen molar-refractivity contribution >= 4 is 5.82 Å². The number of hydrogen-bond acceptors (Lipinski definition) is 5. The lowest BCUT2D eigenvalue weighted by atomic mass is 10.3. The molecule has 1 N–H and O–H groups in total. The van der Waals surface area contributed by atoms with Crippen molar-refractivity contribution in [2.75, 3.05) is 44.2 Å². The first-order valence-electron chi connectivity index (χ1n) is 7.32. The average molecular weight is 263 g/mol. The van der Waals surface area contributed by atoms with E-state index in [1.165, 1.54) is 13.0 Å². The van der Waals surface area contributed by atoms with Gasteiger partial charge >= 0.3 is 0 Å². The van der Waals surface area contributed by atoms with E-state index in [0.717, 1.165) is 50.8 Å². The SMILES string of the molecule is CCCN1CCN(c2cnc(CNCC)cn2)CC1. The third-order valence-corrected chi connectivity index (χ3v) is 3.48. The van der Waals surface area contributed by atoms with Gasteiger partial charge in [0.1, 0.15) is 5.82 Å². The van der Waals surface area contributed by atoms with E-state index in [0.29, 0.717) is 0 Å². The summed E-state index contributed by atoms with van der Waals surface area (Å²) in [6.07, 6.45) is 5.03. The third-order valence-electron chi connectivity index (χ3n) is 3.48. The van der Waals surface area contributed by atoms with E-state index >= 15 is 0 Å². The number of rotatable bonds is 6. The summed E-state index contributed by atoms with van der Waals surface area (Å²) in [6, 6.07) is 0. The van der Waals surface area contributed by atoms with Crippen LogP contribution in [0.2, 0.25) is 0 Å². The van der Waals surface area contributed by atoms with E-state index < -0.39 is 0 Å². The number of nitrogens with zero attached hydrogens (tertiary/aromatic N) is 4. The van der Waals surface area contributed by atoms with Crippen LogP contribution < -0.4 is 10.2 Å². The molecule has 0 saturated carbocycles. The van der Waals surface area contributed by atoms with E-state index in [-0.39, 0.29) is 0 Å². The van der Waals surface area contributed by atoms with Crippen LogP contribution in [0.15, 0.2) is 12.4 Å². The molecule has 0 unspecified atom stereocenters. The molecule has 1 aliphatic heterocycles. The van der Waals surface area contributed by atoms with E-state index in [4.69, 9.17) is 0 Å². The normalized spacial score (nSPS) is 16.8. The Labute approximate surface area is 116 Å². The lowest BCUT2D eigenvalue weighted by Crippen LogP contribution is -2.46. The molecule has 0 aliphatic carbocycles. The van der Waals surface area contributed by atoms with Crippen LogP contribution >= 0.6 is 0 Å². The molecule has 5 nitrogen and oxygen atoms in total. The Morgan fingerprint density at radius 2 is 1.89 bits per heavy atom. The number of anilines is 1. The predicted octanol–water partition coefficient (Wildman–Crippen LogP) is 1.12. The Morgan fingerprint density at radius 1 is 1.11 bits per heavy atom. The molecule has 0 spiro atoms. The standard InChI is InChI=1S/C14H25N5/c1-3-5-18-6-8-19(9-7-18)14-12-16-13(11-17-14)10-15-4-2/h11-12,15H,3-10H2,1-2H3. The monoisotopic (exact) mass is 263 g/mol. The van der Waals surface area contributed by atoms with E-state index in [2.05, 4.69) is 38.9 Å². The van der Waals surface area contributed by atoms with E-state index in [9.17, 15) is 0 Å². The van der Waals surface area contributed by atoms with Gasteiger partial charge in [0.2, 0.25) is 0 Å². The fourth-order valence-electron chi connectivity index (χ4n) is 2.37. The molecule has 0 atom stereocenters. The summed E-state index contributed by atoms with van der Waals surface area (Å²) in [6.45, 7) is 11.7. The Balaban J connectivity index is 1.85. The third kappa shape index (κ3) is 4.14. The van der Waals surface area contributed by atoms with Crippen molar-refractivity contribution < 1.29 is 0 Å². The average Bonchev–Trinajstić information content (AvgIpc) is 2.47. The molecule has 1 fully saturated rings. The molecule has 0 bridgehead atoms. The zero-order valence-electron chi connectivity index (χ0n) is 12.1. The van der Waals surface area contributed by atoms with Gasteiger partial charge in [-0.25, -0.2) is 4.98 Å². The van der Waals surface area contributed by atoms with Crippen LogP contribution in [0.3, 0.4) is 0 Å². The Bertz CT molecular complexity index is 357. The molecule has 0 amide bonds. The van der Waals surface area contributed by atoms with Gasteiger partial charge < -0.3 is 10.2 Å². The lowest BCUT2D eigenvalue weighted by molar-refractivity contribution is 0.258. The summed E-state index contributed by atoms with van der Waals surface area (Å²) >= 11 is 0. The van der Waals surface area contributed by atoms with Crippen molar-refractivity contribution in [3.8, 4) is 0 Å². The Hall–Kier alpha value is -1.20. The molecule has 2 heterocycles. The van der Waals surface area contributed by atoms with Gasteiger partial charge in [-0.2, -0.15) is 0 Å². The molecule has 2 rings (SSSR count). The van der Waals surface area contributed by atoms with Crippen molar-refractivity contribution in [3.05, 3.63) is 18.1 Å². The molecule has 106 valence electrons. The summed E-state index contributed by atoms with van der Waals surface area (Å²) in [5.41, 5.74) is 1.01. The van der Waals surface area contributed by atoms with Crippen LogP contribution in [0, 0.1) is 0 Å². The number of piperazine rings is 1. The zero-order chi connectivity index (χ0) is 13.5. The number of hydrogen-bond donors (Lipinski definition) is 1. The van der Waals surface area contributed by atoms with E-state index in [1.807, 2.05) is 12.4 Å². The van der Waals surface area contributed by atoms with Gasteiger partial charge in [-0.3, -0.25) is 9.88 Å². The van der Waals surface area contributed by atoms with Gasteiger partial charge in [0, 0.05) is 32.7 Å². The predicted molar refractivity (Wildman–Crippen MR) is 78.4 cm³/mol. The van der Waals surface area contributed by atoms with Crippen molar-refractivity contribution in [2.24, 2.45) is 0 Å². The molecule has 19 heavy (non-hydrogen) atoms. The summed E-state index contributed by atoms with van der Waals surface area (Å²) in [5, 5.41) is 3.26. The maximum atomic E-state index is 4.53. The molecular weight excluding hydrogens is 238 g/mol. The first kappa shape index (κ1) is 14.2. The van der Waals surface area contributed by atoms with Crippen molar-refractivity contribution in [1.29, 1.82) is 0 Å². The molecule has 1 saturated heterocycles. The highest BCUT2D eigenvalue weighted by Crippen LogP contribution is 2.12. The van der Waals surface area contributed by atoms with Crippen molar-refractivity contribution in [1.82, 2.24) is 20.2 Å². The molecule has 1 aromatic rings. The fourth-order valence-corrected chi connectivity index (χ4v) is 2.37. The minimum absolute atomic E-state index is 0.800. The van der Waals surface area contributed by atoms with Crippen LogP contribution in [0.25, 0.3) is 0 Å². The molecule has 0 aromatic carbocycles. The van der Waals surface area contributed by atoms with Crippen molar-refractivity contribution in [3.63, 3.8) is 0 Å². The summed E-state index contributed by atoms with van der Waals surface area (Å²) in [7, 11) is 0.